The number of hydrogen-bond donors (Lipinski definition) is 1. The van der Waals surface area contributed by atoms with Crippen molar-refractivity contribution in [3.05, 3.63) is 17.7 Å². The first kappa shape index (κ1) is 20.0. The molecule has 1 saturated carbocycles. The van der Waals surface area contributed by atoms with Gasteiger partial charge < -0.3 is 10.1 Å². The summed E-state index contributed by atoms with van der Waals surface area (Å²) in [6.45, 7) is 3.59. The third-order valence-corrected chi connectivity index (χ3v) is 7.78. The van der Waals surface area contributed by atoms with Crippen LogP contribution in [0.5, 0.6) is 0 Å². The minimum Gasteiger partial charge on any atom is -0.381 e. The molecule has 0 aromatic carbocycles. The van der Waals surface area contributed by atoms with E-state index in [9.17, 15) is 21.6 Å². The lowest BCUT2D eigenvalue weighted by Gasteiger charge is -2.59. The first-order chi connectivity index (χ1) is 13.1. The van der Waals surface area contributed by atoms with E-state index in [1.165, 1.54) is 11.2 Å². The van der Waals surface area contributed by atoms with Crippen LogP contribution < -0.4 is 5.32 Å². The molecular formula is C17H23F3N4O3S. The SMILES string of the molecule is Cc1nc(C(F)(F)F)ncc1S(=O)(=O)N1CC2(CC(NC3CCOCC3)C2)C1. The third kappa shape index (κ3) is 3.64. The number of alkyl halides is 3. The molecule has 2 saturated heterocycles. The van der Waals surface area contributed by atoms with Gasteiger partial charge in [0.1, 0.15) is 4.90 Å². The van der Waals surface area contributed by atoms with Crippen molar-refractivity contribution in [1.29, 1.82) is 0 Å². The molecule has 1 aliphatic carbocycles. The van der Waals surface area contributed by atoms with Crippen LogP contribution in [-0.4, -0.2) is 61.1 Å². The predicted octanol–water partition coefficient (Wildman–Crippen LogP) is 1.73. The van der Waals surface area contributed by atoms with Crippen LogP contribution in [0.25, 0.3) is 0 Å². The summed E-state index contributed by atoms with van der Waals surface area (Å²) in [4.78, 5) is 6.28. The van der Waals surface area contributed by atoms with Gasteiger partial charge in [0.05, 0.1) is 11.9 Å². The molecule has 7 nitrogen and oxygen atoms in total. The lowest BCUT2D eigenvalue weighted by molar-refractivity contribution is -0.145. The molecule has 2 aliphatic heterocycles. The summed E-state index contributed by atoms with van der Waals surface area (Å²) in [6, 6.07) is 0.854. The van der Waals surface area contributed by atoms with Gasteiger partial charge in [0.25, 0.3) is 0 Å². The second kappa shape index (κ2) is 6.89. The molecule has 3 fully saturated rings. The average Bonchev–Trinajstić information content (AvgIpc) is 2.55. The van der Waals surface area contributed by atoms with Gasteiger partial charge in [-0.25, -0.2) is 18.4 Å². The van der Waals surface area contributed by atoms with Crippen molar-refractivity contribution in [1.82, 2.24) is 19.6 Å². The number of aryl methyl sites for hydroxylation is 1. The van der Waals surface area contributed by atoms with Gasteiger partial charge in [-0.05, 0) is 32.6 Å². The largest absolute Gasteiger partial charge is 0.451 e. The smallest absolute Gasteiger partial charge is 0.381 e. The summed E-state index contributed by atoms with van der Waals surface area (Å²) in [7, 11) is -3.88. The van der Waals surface area contributed by atoms with Gasteiger partial charge >= 0.3 is 6.18 Å². The van der Waals surface area contributed by atoms with E-state index in [2.05, 4.69) is 15.3 Å². The highest BCUT2D eigenvalue weighted by atomic mass is 32.2. The number of hydrogen-bond acceptors (Lipinski definition) is 6. The van der Waals surface area contributed by atoms with Crippen molar-refractivity contribution in [2.45, 2.75) is 55.8 Å². The van der Waals surface area contributed by atoms with Crippen molar-refractivity contribution >= 4 is 10.0 Å². The zero-order chi connectivity index (χ0) is 20.2. The Bertz CT molecular complexity index is 842. The van der Waals surface area contributed by atoms with Gasteiger partial charge in [-0.3, -0.25) is 0 Å². The number of sulfonamides is 1. The van der Waals surface area contributed by atoms with Gasteiger partial charge in [-0.1, -0.05) is 0 Å². The Balaban J connectivity index is 1.35. The highest BCUT2D eigenvalue weighted by Crippen LogP contribution is 2.50. The Morgan fingerprint density at radius 3 is 2.43 bits per heavy atom. The van der Waals surface area contributed by atoms with Crippen LogP contribution >= 0.6 is 0 Å². The maximum atomic E-state index is 12.8. The average molecular weight is 420 g/mol. The van der Waals surface area contributed by atoms with E-state index in [0.29, 0.717) is 25.2 Å². The quantitative estimate of drug-likeness (QED) is 0.799. The van der Waals surface area contributed by atoms with Crippen molar-refractivity contribution < 1.29 is 26.3 Å². The van der Waals surface area contributed by atoms with Gasteiger partial charge in [0.2, 0.25) is 15.8 Å². The third-order valence-electron chi connectivity index (χ3n) is 5.88. The summed E-state index contributed by atoms with van der Waals surface area (Å²) >= 11 is 0. The summed E-state index contributed by atoms with van der Waals surface area (Å²) in [5.41, 5.74) is -0.202. The van der Waals surface area contributed by atoms with Crippen LogP contribution in [0.3, 0.4) is 0 Å². The number of ether oxygens (including phenoxy) is 1. The molecule has 3 aliphatic rings. The van der Waals surface area contributed by atoms with Gasteiger partial charge in [0, 0.05) is 43.8 Å². The fraction of sp³-hybridized carbons (Fsp3) is 0.765. The van der Waals surface area contributed by atoms with E-state index in [1.54, 1.807) is 0 Å². The van der Waals surface area contributed by atoms with Crippen molar-refractivity contribution in [2.75, 3.05) is 26.3 Å². The summed E-state index contributed by atoms with van der Waals surface area (Å²) < 4.78 is 70.3. The molecule has 11 heteroatoms. The molecular weight excluding hydrogens is 397 g/mol. The molecule has 0 atom stereocenters. The van der Waals surface area contributed by atoms with Crippen molar-refractivity contribution in [3.63, 3.8) is 0 Å². The molecule has 28 heavy (non-hydrogen) atoms. The Hall–Kier alpha value is -1.30. The molecule has 156 valence electrons. The number of nitrogens with one attached hydrogen (secondary N) is 1. The summed E-state index contributed by atoms with van der Waals surface area (Å²) in [6.07, 6.45) is -0.111. The molecule has 0 radical (unpaired) electrons. The zero-order valence-electron chi connectivity index (χ0n) is 15.5. The molecule has 4 rings (SSSR count). The molecule has 0 amide bonds. The summed E-state index contributed by atoms with van der Waals surface area (Å²) in [5, 5.41) is 3.62. The van der Waals surface area contributed by atoms with Crippen LogP contribution in [0.2, 0.25) is 0 Å². The van der Waals surface area contributed by atoms with Gasteiger partial charge in [-0.15, -0.1) is 0 Å². The first-order valence-electron chi connectivity index (χ1n) is 9.34. The number of halogens is 3. The molecule has 1 aromatic rings. The fourth-order valence-corrected chi connectivity index (χ4v) is 6.19. The number of aromatic nitrogens is 2. The highest BCUT2D eigenvalue weighted by Gasteiger charge is 2.56. The number of rotatable bonds is 4. The highest BCUT2D eigenvalue weighted by molar-refractivity contribution is 7.89. The van der Waals surface area contributed by atoms with E-state index >= 15 is 0 Å². The molecule has 1 spiro atoms. The van der Waals surface area contributed by atoms with Crippen LogP contribution in [0, 0.1) is 12.3 Å². The van der Waals surface area contributed by atoms with Crippen molar-refractivity contribution in [2.24, 2.45) is 5.41 Å². The predicted molar refractivity (Wildman–Crippen MR) is 93.0 cm³/mol. The maximum Gasteiger partial charge on any atom is 0.451 e. The van der Waals surface area contributed by atoms with E-state index in [1.807, 2.05) is 0 Å². The maximum absolute atomic E-state index is 12.8. The fourth-order valence-electron chi connectivity index (χ4n) is 4.42. The standard InChI is InChI=1S/C17H23F3N4O3S/c1-11-14(8-21-15(22-11)17(18,19)20)28(25,26)24-9-16(10-24)6-13(7-16)23-12-2-4-27-5-3-12/h8,12-13,23H,2-7,9-10H2,1H3. The van der Waals surface area contributed by atoms with Crippen LogP contribution in [0.4, 0.5) is 13.2 Å². The Morgan fingerprint density at radius 2 is 1.86 bits per heavy atom. The molecule has 0 bridgehead atoms. The normalized spacial score (nSPS) is 24.1. The first-order valence-corrected chi connectivity index (χ1v) is 10.8. The van der Waals surface area contributed by atoms with Crippen LogP contribution in [0.1, 0.15) is 37.2 Å². The number of nitrogens with zero attached hydrogens (tertiary/aromatic N) is 3. The van der Waals surface area contributed by atoms with E-state index in [4.69, 9.17) is 4.74 Å². The van der Waals surface area contributed by atoms with E-state index in [-0.39, 0.29) is 16.0 Å². The van der Waals surface area contributed by atoms with Gasteiger partial charge in [-0.2, -0.15) is 17.5 Å². The summed E-state index contributed by atoms with van der Waals surface area (Å²) in [5.74, 6) is -1.33. The Morgan fingerprint density at radius 1 is 1.21 bits per heavy atom. The molecule has 0 unspecified atom stereocenters. The molecule has 1 N–H and O–H groups in total. The zero-order valence-corrected chi connectivity index (χ0v) is 16.3. The second-order valence-corrected chi connectivity index (χ2v) is 9.98. The van der Waals surface area contributed by atoms with E-state index < -0.39 is 22.0 Å². The lowest BCUT2D eigenvalue weighted by Crippen LogP contribution is -2.67. The topological polar surface area (TPSA) is 84.4 Å². The van der Waals surface area contributed by atoms with Crippen molar-refractivity contribution in [3.8, 4) is 0 Å². The Kier molecular flexibility index (Phi) is 4.92. The Labute approximate surface area is 161 Å². The second-order valence-electron chi connectivity index (χ2n) is 8.07. The van der Waals surface area contributed by atoms with Crippen LogP contribution in [0.15, 0.2) is 11.1 Å². The minimum atomic E-state index is -4.70. The van der Waals surface area contributed by atoms with E-state index in [0.717, 1.165) is 45.1 Å². The monoisotopic (exact) mass is 420 g/mol. The minimum absolute atomic E-state index is 0.0173. The van der Waals surface area contributed by atoms with Crippen LogP contribution in [-0.2, 0) is 20.9 Å². The lowest BCUT2D eigenvalue weighted by atomic mass is 9.61. The molecule has 3 heterocycles. The molecule has 1 aromatic heterocycles. The van der Waals surface area contributed by atoms with Gasteiger partial charge in [0.15, 0.2) is 0 Å².